The molecule has 0 atom stereocenters. The van der Waals surface area contributed by atoms with Crippen molar-refractivity contribution in [1.29, 1.82) is 0 Å². The van der Waals surface area contributed by atoms with Gasteiger partial charge in [0, 0.05) is 5.69 Å². The van der Waals surface area contributed by atoms with Gasteiger partial charge in [0.1, 0.15) is 0 Å². The largest absolute Gasteiger partial charge is 0.399 e. The molecule has 0 fully saturated rings. The van der Waals surface area contributed by atoms with E-state index in [1.807, 2.05) is 0 Å². The highest BCUT2D eigenvalue weighted by atomic mass is 16.2. The van der Waals surface area contributed by atoms with Crippen LogP contribution in [-0.2, 0) is 0 Å². The molecule has 1 aromatic rings. The standard InChI is InChI=1S/C13H15N3O/c1-2-12(5-3-4-10-17)15-16-13-8-6-11(14)7-9-13/h2-9,17H,1,10,14H2/b4-3-,12-5+,16-15?. The van der Waals surface area contributed by atoms with Gasteiger partial charge >= 0.3 is 0 Å². The van der Waals surface area contributed by atoms with E-state index in [1.54, 1.807) is 48.6 Å². The van der Waals surface area contributed by atoms with E-state index in [1.165, 1.54) is 0 Å². The maximum Gasteiger partial charge on any atom is 0.0858 e. The van der Waals surface area contributed by atoms with Gasteiger partial charge in [-0.3, -0.25) is 0 Å². The van der Waals surface area contributed by atoms with Gasteiger partial charge in [-0.25, -0.2) is 0 Å². The first-order chi connectivity index (χ1) is 8.26. The molecule has 0 aromatic heterocycles. The summed E-state index contributed by atoms with van der Waals surface area (Å²) in [5.41, 5.74) is 7.58. The third-order valence-electron chi connectivity index (χ3n) is 1.89. The molecule has 4 heteroatoms. The van der Waals surface area contributed by atoms with Gasteiger partial charge in [-0.2, -0.15) is 10.2 Å². The Morgan fingerprint density at radius 2 is 2.06 bits per heavy atom. The number of nitrogens with zero attached hydrogens (tertiary/aromatic N) is 2. The molecule has 88 valence electrons. The van der Waals surface area contributed by atoms with Gasteiger partial charge in [-0.05, 0) is 36.4 Å². The average Bonchev–Trinajstić information content (AvgIpc) is 2.35. The lowest BCUT2D eigenvalue weighted by molar-refractivity contribution is 0.343. The van der Waals surface area contributed by atoms with Crippen LogP contribution in [0.15, 0.2) is 71.1 Å². The lowest BCUT2D eigenvalue weighted by Crippen LogP contribution is -1.80. The second kappa shape index (κ2) is 7.14. The molecule has 0 bridgehead atoms. The molecule has 17 heavy (non-hydrogen) atoms. The van der Waals surface area contributed by atoms with E-state index in [0.29, 0.717) is 11.4 Å². The quantitative estimate of drug-likeness (QED) is 0.463. The summed E-state index contributed by atoms with van der Waals surface area (Å²) >= 11 is 0. The molecule has 0 saturated carbocycles. The number of rotatable bonds is 5. The average molecular weight is 229 g/mol. The molecule has 1 aromatic carbocycles. The number of nitrogens with two attached hydrogens (primary N) is 1. The predicted molar refractivity (Wildman–Crippen MR) is 69.9 cm³/mol. The smallest absolute Gasteiger partial charge is 0.0858 e. The van der Waals surface area contributed by atoms with Gasteiger partial charge in [0.25, 0.3) is 0 Å². The normalized spacial score (nSPS) is 12.4. The van der Waals surface area contributed by atoms with Crippen molar-refractivity contribution in [1.82, 2.24) is 0 Å². The van der Waals surface area contributed by atoms with Crippen LogP contribution in [0.3, 0.4) is 0 Å². The fourth-order valence-electron chi connectivity index (χ4n) is 1.03. The molecule has 0 unspecified atom stereocenters. The van der Waals surface area contributed by atoms with Crippen LogP contribution in [0.4, 0.5) is 11.4 Å². The first kappa shape index (κ1) is 12.9. The van der Waals surface area contributed by atoms with Crippen LogP contribution in [0.1, 0.15) is 0 Å². The molecule has 0 aliphatic rings. The Bertz CT molecular complexity index is 444. The lowest BCUT2D eigenvalue weighted by atomic mass is 10.3. The fraction of sp³-hybridized carbons (Fsp3) is 0.0769. The van der Waals surface area contributed by atoms with E-state index in [4.69, 9.17) is 10.8 Å². The van der Waals surface area contributed by atoms with Crippen molar-refractivity contribution in [2.75, 3.05) is 12.3 Å². The Balaban J connectivity index is 2.74. The number of aliphatic hydroxyl groups excluding tert-OH is 1. The lowest BCUT2D eigenvalue weighted by Gasteiger charge is -1.94. The van der Waals surface area contributed by atoms with Crippen molar-refractivity contribution in [3.05, 3.63) is 60.8 Å². The van der Waals surface area contributed by atoms with Crippen LogP contribution < -0.4 is 5.73 Å². The zero-order chi connectivity index (χ0) is 12.5. The first-order valence-electron chi connectivity index (χ1n) is 5.13. The molecule has 0 aliphatic carbocycles. The maximum absolute atomic E-state index is 8.58. The number of aliphatic hydroxyl groups is 1. The summed E-state index contributed by atoms with van der Waals surface area (Å²) in [4.78, 5) is 0. The molecule has 0 heterocycles. The van der Waals surface area contributed by atoms with Gasteiger partial charge in [0.2, 0.25) is 0 Å². The highest BCUT2D eigenvalue weighted by molar-refractivity contribution is 5.47. The van der Waals surface area contributed by atoms with Crippen molar-refractivity contribution in [3.8, 4) is 0 Å². The van der Waals surface area contributed by atoms with Crippen LogP contribution in [0, 0.1) is 0 Å². The minimum Gasteiger partial charge on any atom is -0.399 e. The van der Waals surface area contributed by atoms with Gasteiger partial charge in [-0.1, -0.05) is 18.7 Å². The number of benzene rings is 1. The summed E-state index contributed by atoms with van der Waals surface area (Å²) in [6.07, 6.45) is 6.59. The van der Waals surface area contributed by atoms with Gasteiger partial charge in [0.15, 0.2) is 0 Å². The Morgan fingerprint density at radius 1 is 1.35 bits per heavy atom. The molecular formula is C13H15N3O. The summed E-state index contributed by atoms with van der Waals surface area (Å²) in [5.74, 6) is 0. The van der Waals surface area contributed by atoms with Crippen LogP contribution in [0.2, 0.25) is 0 Å². The van der Waals surface area contributed by atoms with Crippen molar-refractivity contribution >= 4 is 11.4 Å². The molecule has 0 aliphatic heterocycles. The van der Waals surface area contributed by atoms with Crippen LogP contribution in [-0.4, -0.2) is 11.7 Å². The molecule has 0 amide bonds. The zero-order valence-electron chi connectivity index (χ0n) is 9.45. The highest BCUT2D eigenvalue weighted by Crippen LogP contribution is 2.15. The van der Waals surface area contributed by atoms with Crippen molar-refractivity contribution in [2.24, 2.45) is 10.2 Å². The second-order valence-electron chi connectivity index (χ2n) is 3.20. The molecule has 4 nitrogen and oxygen atoms in total. The Morgan fingerprint density at radius 3 is 2.65 bits per heavy atom. The van der Waals surface area contributed by atoms with Gasteiger partial charge in [0.05, 0.1) is 18.0 Å². The van der Waals surface area contributed by atoms with E-state index in [0.717, 1.165) is 5.69 Å². The van der Waals surface area contributed by atoms with Gasteiger partial charge in [-0.15, -0.1) is 0 Å². The van der Waals surface area contributed by atoms with E-state index in [-0.39, 0.29) is 6.61 Å². The third-order valence-corrected chi connectivity index (χ3v) is 1.89. The number of allylic oxidation sites excluding steroid dienone is 3. The minimum atomic E-state index is -0.00394. The highest BCUT2D eigenvalue weighted by Gasteiger charge is 1.89. The summed E-state index contributed by atoms with van der Waals surface area (Å²) in [5, 5.41) is 16.6. The number of anilines is 1. The van der Waals surface area contributed by atoms with Crippen LogP contribution in [0.25, 0.3) is 0 Å². The van der Waals surface area contributed by atoms with Crippen LogP contribution >= 0.6 is 0 Å². The van der Waals surface area contributed by atoms with E-state index >= 15 is 0 Å². The Kier molecular flexibility index (Phi) is 5.40. The van der Waals surface area contributed by atoms with Crippen molar-refractivity contribution in [2.45, 2.75) is 0 Å². The minimum absolute atomic E-state index is 0.00394. The summed E-state index contributed by atoms with van der Waals surface area (Å²) in [7, 11) is 0. The van der Waals surface area contributed by atoms with Crippen molar-refractivity contribution < 1.29 is 5.11 Å². The van der Waals surface area contributed by atoms with Crippen molar-refractivity contribution in [3.63, 3.8) is 0 Å². The number of azo groups is 1. The molecule has 0 radical (unpaired) electrons. The predicted octanol–water partition coefficient (Wildman–Crippen LogP) is 2.97. The topological polar surface area (TPSA) is 71.0 Å². The monoisotopic (exact) mass is 229 g/mol. The maximum atomic E-state index is 8.58. The fourth-order valence-corrected chi connectivity index (χ4v) is 1.03. The van der Waals surface area contributed by atoms with E-state index in [2.05, 4.69) is 16.8 Å². The summed E-state index contributed by atoms with van der Waals surface area (Å²) in [6.45, 7) is 3.62. The second-order valence-corrected chi connectivity index (χ2v) is 3.20. The molecule has 3 N–H and O–H groups in total. The number of nitrogen functional groups attached to an aromatic ring is 1. The molecule has 0 saturated heterocycles. The van der Waals surface area contributed by atoms with E-state index in [9.17, 15) is 0 Å². The third kappa shape index (κ3) is 4.90. The SMILES string of the molecule is C=C/C(=C\C=C/CO)N=Nc1ccc(N)cc1. The summed E-state index contributed by atoms with van der Waals surface area (Å²) in [6, 6.07) is 7.08. The first-order valence-corrected chi connectivity index (χ1v) is 5.13. The molecule has 1 rings (SSSR count). The zero-order valence-corrected chi connectivity index (χ0v) is 9.45. The van der Waals surface area contributed by atoms with E-state index < -0.39 is 0 Å². The summed E-state index contributed by atoms with van der Waals surface area (Å²) < 4.78 is 0. The molecule has 0 spiro atoms. The Hall–Kier alpha value is -2.20. The van der Waals surface area contributed by atoms with Gasteiger partial charge < -0.3 is 10.8 Å². The molecular weight excluding hydrogens is 214 g/mol. The number of hydrogen-bond acceptors (Lipinski definition) is 4. The van der Waals surface area contributed by atoms with Crippen LogP contribution in [0.5, 0.6) is 0 Å². The Labute approximate surface area is 100 Å². The number of hydrogen-bond donors (Lipinski definition) is 2.